The van der Waals surface area contributed by atoms with Crippen LogP contribution in [0.25, 0.3) is 0 Å². The Kier molecular flexibility index (Phi) is 14.2. The molecule has 198 valence electrons. The smallest absolute Gasteiger partial charge is 0.405 e. The van der Waals surface area contributed by atoms with Crippen LogP contribution in [-0.4, -0.2) is 67.7 Å². The van der Waals surface area contributed by atoms with Crippen LogP contribution in [0.15, 0.2) is 24.3 Å². The number of carbonyl (C=O) groups is 3. The van der Waals surface area contributed by atoms with Gasteiger partial charge in [0.1, 0.15) is 6.16 Å². The molecule has 0 spiro atoms. The highest BCUT2D eigenvalue weighted by atomic mass is 31.2. The molecule has 5 N–H and O–H groups in total. The zero-order valence-corrected chi connectivity index (χ0v) is 21.6. The number of hydrogen-bond donors (Lipinski definition) is 4. The number of aryl methyl sites for hydroxylation is 1. The number of rotatable bonds is 17. The maximum Gasteiger partial charge on any atom is 0.405 e. The largest absolute Gasteiger partial charge is 0.436 e. The Morgan fingerprint density at radius 2 is 1.83 bits per heavy atom. The Hall–Kier alpha value is -2.46. The van der Waals surface area contributed by atoms with Crippen molar-refractivity contribution in [3.8, 4) is 0 Å². The molecule has 0 bridgehead atoms. The number of aliphatic hydroxyl groups is 1. The van der Waals surface area contributed by atoms with Crippen molar-refractivity contribution in [1.29, 1.82) is 0 Å². The van der Waals surface area contributed by atoms with Gasteiger partial charge in [0, 0.05) is 6.54 Å². The van der Waals surface area contributed by atoms with Crippen molar-refractivity contribution >= 4 is 25.5 Å². The predicted octanol–water partition coefficient (Wildman–Crippen LogP) is 2.03. The van der Waals surface area contributed by atoms with E-state index < -0.39 is 37.6 Å². The van der Waals surface area contributed by atoms with E-state index in [-0.39, 0.29) is 38.9 Å². The Balaban J connectivity index is 2.53. The van der Waals surface area contributed by atoms with Gasteiger partial charge < -0.3 is 35.3 Å². The lowest BCUT2D eigenvalue weighted by Gasteiger charge is -2.21. The molecule has 35 heavy (non-hydrogen) atoms. The molecular weight excluding hydrogens is 477 g/mol. The minimum absolute atomic E-state index is 0.163. The molecule has 1 rings (SSSR count). The van der Waals surface area contributed by atoms with Gasteiger partial charge in [-0.25, -0.2) is 4.79 Å². The van der Waals surface area contributed by atoms with Crippen LogP contribution in [0.4, 0.5) is 4.79 Å². The average molecular weight is 516 g/mol. The summed E-state index contributed by atoms with van der Waals surface area (Å²) in [5, 5.41) is 15.0. The summed E-state index contributed by atoms with van der Waals surface area (Å²) in [7, 11) is -3.48. The number of nitrogens with two attached hydrogens (primary N) is 1. The highest BCUT2D eigenvalue weighted by Crippen LogP contribution is 2.47. The topological polar surface area (TPSA) is 166 Å². The van der Waals surface area contributed by atoms with Crippen molar-refractivity contribution in [3.63, 3.8) is 0 Å². The fourth-order valence-corrected chi connectivity index (χ4v) is 4.91. The molecule has 1 aromatic rings. The third-order valence-corrected chi connectivity index (χ3v) is 6.86. The highest BCUT2D eigenvalue weighted by molar-refractivity contribution is 7.54. The summed E-state index contributed by atoms with van der Waals surface area (Å²) < 4.78 is 27.6. The molecule has 0 saturated carbocycles. The minimum Gasteiger partial charge on any atom is -0.436 e. The van der Waals surface area contributed by atoms with Gasteiger partial charge in [-0.15, -0.1) is 0 Å². The lowest BCUT2D eigenvalue weighted by atomic mass is 10.0. The van der Waals surface area contributed by atoms with Crippen LogP contribution in [0.1, 0.15) is 44.2 Å². The first-order valence-corrected chi connectivity index (χ1v) is 13.4. The van der Waals surface area contributed by atoms with Crippen molar-refractivity contribution in [2.45, 2.75) is 58.6 Å². The van der Waals surface area contributed by atoms with E-state index >= 15 is 0 Å². The molecule has 12 heteroatoms. The second-order valence-electron chi connectivity index (χ2n) is 7.96. The van der Waals surface area contributed by atoms with Gasteiger partial charge in [0.25, 0.3) is 5.91 Å². The summed E-state index contributed by atoms with van der Waals surface area (Å²) in [5.41, 5.74) is 7.13. The van der Waals surface area contributed by atoms with Crippen LogP contribution in [0, 0.1) is 6.92 Å². The molecule has 0 aliphatic heterocycles. The Morgan fingerprint density at radius 1 is 1.14 bits per heavy atom. The van der Waals surface area contributed by atoms with Crippen LogP contribution in [0.3, 0.4) is 0 Å². The van der Waals surface area contributed by atoms with Crippen LogP contribution >= 0.6 is 7.60 Å². The molecule has 0 radical (unpaired) electrons. The molecule has 0 fully saturated rings. The number of benzene rings is 1. The maximum absolute atomic E-state index is 12.7. The third-order valence-electron chi connectivity index (χ3n) is 4.89. The number of unbranched alkanes of at least 4 members (excludes halogenated alkanes) is 1. The first-order chi connectivity index (χ1) is 16.6. The molecule has 0 heterocycles. The lowest BCUT2D eigenvalue weighted by Crippen LogP contribution is -2.46. The Morgan fingerprint density at radius 3 is 2.40 bits per heavy atom. The van der Waals surface area contributed by atoms with E-state index in [1.807, 2.05) is 31.2 Å². The minimum atomic E-state index is -3.48. The van der Waals surface area contributed by atoms with E-state index in [0.717, 1.165) is 11.1 Å². The molecule has 1 unspecified atom stereocenters. The van der Waals surface area contributed by atoms with Gasteiger partial charge in [-0.05, 0) is 52.0 Å². The number of amides is 3. The second kappa shape index (κ2) is 16.3. The standard InChI is InChI=1S/C23H38N3O8P/c1-4-32-35(31,33-5-2)16-21(28)25-12-7-6-11-20(34-23(24)30)22(29)26-19(15-27)14-18-10-8-9-17(3)13-18/h8-10,13,19-20,27H,4-7,11-12,14-16H2,1-3H3,(H2,24,30)(H,25,28)(H,26,29)/t19-,20?/m0/s1. The van der Waals surface area contributed by atoms with Crippen LogP contribution in [0.2, 0.25) is 0 Å². The predicted molar refractivity (Wildman–Crippen MR) is 131 cm³/mol. The van der Waals surface area contributed by atoms with Crippen LogP contribution in [-0.2, 0) is 34.4 Å². The number of nitrogens with one attached hydrogen (secondary N) is 2. The maximum atomic E-state index is 12.7. The van der Waals surface area contributed by atoms with Crippen molar-refractivity contribution in [1.82, 2.24) is 10.6 Å². The Bertz CT molecular complexity index is 857. The van der Waals surface area contributed by atoms with Crippen molar-refractivity contribution in [2.75, 3.05) is 32.5 Å². The highest BCUT2D eigenvalue weighted by Gasteiger charge is 2.27. The average Bonchev–Trinajstić information content (AvgIpc) is 2.77. The molecule has 0 aliphatic rings. The van der Waals surface area contributed by atoms with Crippen molar-refractivity contribution in [3.05, 3.63) is 35.4 Å². The van der Waals surface area contributed by atoms with Gasteiger partial charge >= 0.3 is 13.7 Å². The monoisotopic (exact) mass is 515 g/mol. The van der Waals surface area contributed by atoms with Gasteiger partial charge in [-0.3, -0.25) is 14.2 Å². The first kappa shape index (κ1) is 30.6. The lowest BCUT2D eigenvalue weighted by molar-refractivity contribution is -0.131. The molecule has 0 saturated heterocycles. The van der Waals surface area contributed by atoms with E-state index in [1.54, 1.807) is 13.8 Å². The van der Waals surface area contributed by atoms with Gasteiger partial charge in [0.2, 0.25) is 5.91 Å². The molecule has 0 aromatic heterocycles. The second-order valence-corrected chi connectivity index (χ2v) is 10.0. The number of carbonyl (C=O) groups excluding carboxylic acids is 3. The van der Waals surface area contributed by atoms with E-state index in [0.29, 0.717) is 19.3 Å². The Labute approximate surface area is 206 Å². The fourth-order valence-electron chi connectivity index (χ4n) is 3.40. The molecule has 1 aromatic carbocycles. The van der Waals surface area contributed by atoms with Crippen molar-refractivity contribution in [2.24, 2.45) is 5.73 Å². The number of aliphatic hydroxyl groups excluding tert-OH is 1. The summed E-state index contributed by atoms with van der Waals surface area (Å²) in [6.07, 6.45) is -1.12. The van der Waals surface area contributed by atoms with E-state index in [2.05, 4.69) is 10.6 Å². The van der Waals surface area contributed by atoms with Gasteiger partial charge in [-0.1, -0.05) is 29.8 Å². The molecule has 3 amide bonds. The fraction of sp³-hybridized carbons (Fsp3) is 0.609. The third kappa shape index (κ3) is 12.7. The summed E-state index contributed by atoms with van der Waals surface area (Å²) in [6.45, 7) is 5.57. The van der Waals surface area contributed by atoms with E-state index in [1.165, 1.54) is 0 Å². The zero-order chi connectivity index (χ0) is 26.3. The zero-order valence-electron chi connectivity index (χ0n) is 20.7. The van der Waals surface area contributed by atoms with Crippen LogP contribution < -0.4 is 16.4 Å². The molecular formula is C23H38N3O8P. The van der Waals surface area contributed by atoms with E-state index in [4.69, 9.17) is 19.5 Å². The molecule has 11 nitrogen and oxygen atoms in total. The number of primary amides is 1. The SMILES string of the molecule is CCOP(=O)(CC(=O)NCCCCC(OC(N)=O)C(=O)N[C@H](CO)Cc1cccc(C)c1)OCC. The quantitative estimate of drug-likeness (QED) is 0.181. The normalized spacial score (nSPS) is 13.0. The summed E-state index contributed by atoms with van der Waals surface area (Å²) >= 11 is 0. The number of hydrogen-bond acceptors (Lipinski definition) is 8. The number of ether oxygens (including phenoxy) is 1. The molecule has 0 aliphatic carbocycles. The first-order valence-electron chi connectivity index (χ1n) is 11.7. The van der Waals surface area contributed by atoms with Gasteiger partial charge in [0.15, 0.2) is 6.10 Å². The van der Waals surface area contributed by atoms with Gasteiger partial charge in [0.05, 0.1) is 25.9 Å². The van der Waals surface area contributed by atoms with E-state index in [9.17, 15) is 24.1 Å². The van der Waals surface area contributed by atoms with Crippen LogP contribution in [0.5, 0.6) is 0 Å². The van der Waals surface area contributed by atoms with Gasteiger partial charge in [-0.2, -0.15) is 0 Å². The molecule has 2 atom stereocenters. The summed E-state index contributed by atoms with van der Waals surface area (Å²) in [4.78, 5) is 36.0. The van der Waals surface area contributed by atoms with Crippen molar-refractivity contribution < 1.29 is 37.8 Å². The summed E-state index contributed by atoms with van der Waals surface area (Å²) in [6, 6.07) is 7.14. The summed E-state index contributed by atoms with van der Waals surface area (Å²) in [5.74, 6) is -1.03.